The second kappa shape index (κ2) is 7.53. The van der Waals surface area contributed by atoms with E-state index in [1.54, 1.807) is 38.4 Å². The van der Waals surface area contributed by atoms with Crippen LogP contribution in [-0.4, -0.2) is 44.4 Å². The van der Waals surface area contributed by atoms with Gasteiger partial charge in [-0.05, 0) is 38.2 Å². The Labute approximate surface area is 114 Å². The van der Waals surface area contributed by atoms with Gasteiger partial charge in [0.25, 0.3) is 5.91 Å². The maximum Gasteiger partial charge on any atom is 0.253 e. The second-order valence-corrected chi connectivity index (χ2v) is 4.54. The van der Waals surface area contributed by atoms with Crippen molar-refractivity contribution in [2.24, 2.45) is 0 Å². The Morgan fingerprint density at radius 3 is 2.63 bits per heavy atom. The first-order valence-corrected chi connectivity index (χ1v) is 6.30. The lowest BCUT2D eigenvalue weighted by Crippen LogP contribution is -2.22. The highest BCUT2D eigenvalue weighted by molar-refractivity contribution is 5.96. The van der Waals surface area contributed by atoms with Gasteiger partial charge in [0, 0.05) is 31.8 Å². The van der Waals surface area contributed by atoms with Crippen LogP contribution in [0.1, 0.15) is 23.2 Å². The standard InChI is InChI=1S/C14H21N3O2/c1-15-9-5-8-13(18)16-12-7-4-6-11(10-12)14(19)17(2)3/h4,6-7,10,15H,5,8-9H2,1-3H3,(H,16,18). The fraction of sp³-hybridized carbons (Fsp3) is 0.429. The second-order valence-electron chi connectivity index (χ2n) is 4.54. The van der Waals surface area contributed by atoms with E-state index < -0.39 is 0 Å². The lowest BCUT2D eigenvalue weighted by Gasteiger charge is -2.11. The van der Waals surface area contributed by atoms with Gasteiger partial charge in [-0.2, -0.15) is 0 Å². The molecule has 2 N–H and O–H groups in total. The fourth-order valence-electron chi connectivity index (χ4n) is 1.64. The molecule has 0 bridgehead atoms. The molecule has 0 aliphatic heterocycles. The minimum Gasteiger partial charge on any atom is -0.345 e. The molecule has 0 saturated heterocycles. The van der Waals surface area contributed by atoms with Crippen molar-refractivity contribution in [2.75, 3.05) is 33.0 Å². The normalized spacial score (nSPS) is 10.1. The van der Waals surface area contributed by atoms with E-state index in [2.05, 4.69) is 10.6 Å². The quantitative estimate of drug-likeness (QED) is 0.761. The summed E-state index contributed by atoms with van der Waals surface area (Å²) in [5, 5.41) is 5.79. The molecule has 0 aliphatic carbocycles. The summed E-state index contributed by atoms with van der Waals surface area (Å²) < 4.78 is 0. The van der Waals surface area contributed by atoms with E-state index in [0.717, 1.165) is 13.0 Å². The van der Waals surface area contributed by atoms with Crippen LogP contribution in [0.3, 0.4) is 0 Å². The summed E-state index contributed by atoms with van der Waals surface area (Å²) in [7, 11) is 5.25. The molecule has 0 spiro atoms. The number of nitrogens with one attached hydrogen (secondary N) is 2. The van der Waals surface area contributed by atoms with Gasteiger partial charge in [0.1, 0.15) is 0 Å². The summed E-state index contributed by atoms with van der Waals surface area (Å²) in [4.78, 5) is 25.0. The largest absolute Gasteiger partial charge is 0.345 e. The molecule has 0 atom stereocenters. The van der Waals surface area contributed by atoms with E-state index in [4.69, 9.17) is 0 Å². The van der Waals surface area contributed by atoms with E-state index >= 15 is 0 Å². The van der Waals surface area contributed by atoms with Crippen LogP contribution in [0.25, 0.3) is 0 Å². The van der Waals surface area contributed by atoms with Crippen LogP contribution in [0.5, 0.6) is 0 Å². The Hall–Kier alpha value is -1.88. The number of hydrogen-bond acceptors (Lipinski definition) is 3. The van der Waals surface area contributed by atoms with Crippen LogP contribution < -0.4 is 10.6 Å². The molecule has 0 radical (unpaired) electrons. The summed E-state index contributed by atoms with van der Waals surface area (Å²) in [6, 6.07) is 6.97. The Morgan fingerprint density at radius 1 is 1.26 bits per heavy atom. The zero-order valence-electron chi connectivity index (χ0n) is 11.7. The highest BCUT2D eigenvalue weighted by atomic mass is 16.2. The maximum absolute atomic E-state index is 11.8. The number of nitrogens with zero attached hydrogens (tertiary/aromatic N) is 1. The lowest BCUT2D eigenvalue weighted by molar-refractivity contribution is -0.116. The zero-order valence-corrected chi connectivity index (χ0v) is 11.7. The molecule has 0 aliphatic rings. The van der Waals surface area contributed by atoms with Gasteiger partial charge < -0.3 is 15.5 Å². The fourth-order valence-corrected chi connectivity index (χ4v) is 1.64. The monoisotopic (exact) mass is 263 g/mol. The highest BCUT2D eigenvalue weighted by Gasteiger charge is 2.09. The molecule has 0 fully saturated rings. The summed E-state index contributed by atoms with van der Waals surface area (Å²) in [6.45, 7) is 0.812. The lowest BCUT2D eigenvalue weighted by atomic mass is 10.1. The van der Waals surface area contributed by atoms with Crippen LogP contribution in [0.2, 0.25) is 0 Å². The average Bonchev–Trinajstić information content (AvgIpc) is 2.38. The van der Waals surface area contributed by atoms with Crippen molar-refractivity contribution in [3.63, 3.8) is 0 Å². The summed E-state index contributed by atoms with van der Waals surface area (Å²) >= 11 is 0. The van der Waals surface area contributed by atoms with Gasteiger partial charge in [-0.15, -0.1) is 0 Å². The third kappa shape index (κ3) is 5.09. The predicted molar refractivity (Wildman–Crippen MR) is 76.2 cm³/mol. The number of anilines is 1. The molecule has 5 nitrogen and oxygen atoms in total. The Kier molecular flexibility index (Phi) is 6.02. The Morgan fingerprint density at radius 2 is 2.00 bits per heavy atom. The van der Waals surface area contributed by atoms with Crippen LogP contribution in [0.4, 0.5) is 5.69 Å². The number of carbonyl (C=O) groups excluding carboxylic acids is 2. The van der Waals surface area contributed by atoms with Crippen molar-refractivity contribution in [2.45, 2.75) is 12.8 Å². The topological polar surface area (TPSA) is 61.4 Å². The minimum atomic E-state index is -0.0775. The van der Waals surface area contributed by atoms with Crippen molar-refractivity contribution in [1.29, 1.82) is 0 Å². The number of amides is 2. The Bertz CT molecular complexity index is 444. The van der Waals surface area contributed by atoms with Crippen molar-refractivity contribution >= 4 is 17.5 Å². The molecule has 19 heavy (non-hydrogen) atoms. The SMILES string of the molecule is CNCCCC(=O)Nc1cccc(C(=O)N(C)C)c1. The van der Waals surface area contributed by atoms with E-state index in [-0.39, 0.29) is 11.8 Å². The molecule has 0 unspecified atom stereocenters. The van der Waals surface area contributed by atoms with Gasteiger partial charge in [0.05, 0.1) is 0 Å². The molecular formula is C14H21N3O2. The molecule has 1 aromatic carbocycles. The first-order chi connectivity index (χ1) is 9.04. The van der Waals surface area contributed by atoms with Crippen LogP contribution >= 0.6 is 0 Å². The van der Waals surface area contributed by atoms with Gasteiger partial charge in [0.15, 0.2) is 0 Å². The molecule has 1 rings (SSSR count). The van der Waals surface area contributed by atoms with Gasteiger partial charge >= 0.3 is 0 Å². The van der Waals surface area contributed by atoms with E-state index in [1.807, 2.05) is 7.05 Å². The van der Waals surface area contributed by atoms with Gasteiger partial charge in [-0.1, -0.05) is 6.07 Å². The zero-order chi connectivity index (χ0) is 14.3. The molecule has 1 aromatic rings. The molecular weight excluding hydrogens is 242 g/mol. The third-order valence-corrected chi connectivity index (χ3v) is 2.63. The number of hydrogen-bond donors (Lipinski definition) is 2. The van der Waals surface area contributed by atoms with Gasteiger partial charge in [-0.25, -0.2) is 0 Å². The molecule has 5 heteroatoms. The number of carbonyl (C=O) groups is 2. The predicted octanol–water partition coefficient (Wildman–Crippen LogP) is 1.33. The summed E-state index contributed by atoms with van der Waals surface area (Å²) in [5.41, 5.74) is 1.22. The maximum atomic E-state index is 11.8. The van der Waals surface area contributed by atoms with Crippen LogP contribution in [0.15, 0.2) is 24.3 Å². The first-order valence-electron chi connectivity index (χ1n) is 6.30. The smallest absolute Gasteiger partial charge is 0.253 e. The summed E-state index contributed by atoms with van der Waals surface area (Å²) in [6.07, 6.45) is 1.26. The van der Waals surface area contributed by atoms with Crippen molar-refractivity contribution in [3.05, 3.63) is 29.8 Å². The minimum absolute atomic E-state index is 0.0373. The van der Waals surface area contributed by atoms with Crippen molar-refractivity contribution in [1.82, 2.24) is 10.2 Å². The van der Waals surface area contributed by atoms with Crippen LogP contribution in [0, 0.1) is 0 Å². The van der Waals surface area contributed by atoms with Crippen molar-refractivity contribution in [3.8, 4) is 0 Å². The molecule has 0 aromatic heterocycles. The van der Waals surface area contributed by atoms with E-state index in [1.165, 1.54) is 4.90 Å². The summed E-state index contributed by atoms with van der Waals surface area (Å²) in [5.74, 6) is -0.115. The third-order valence-electron chi connectivity index (χ3n) is 2.63. The molecule has 104 valence electrons. The number of benzene rings is 1. The molecule has 2 amide bonds. The van der Waals surface area contributed by atoms with Gasteiger partial charge in [0.2, 0.25) is 5.91 Å². The molecule has 0 saturated carbocycles. The molecule has 0 heterocycles. The van der Waals surface area contributed by atoms with Gasteiger partial charge in [-0.3, -0.25) is 9.59 Å². The van der Waals surface area contributed by atoms with E-state index in [9.17, 15) is 9.59 Å². The first kappa shape index (κ1) is 15.2. The van der Waals surface area contributed by atoms with Crippen molar-refractivity contribution < 1.29 is 9.59 Å². The Balaban J connectivity index is 2.62. The average molecular weight is 263 g/mol. The highest BCUT2D eigenvalue weighted by Crippen LogP contribution is 2.12. The number of rotatable bonds is 6. The van der Waals surface area contributed by atoms with Crippen LogP contribution in [-0.2, 0) is 4.79 Å². The van der Waals surface area contributed by atoms with E-state index in [0.29, 0.717) is 17.7 Å².